The van der Waals surface area contributed by atoms with Crippen molar-refractivity contribution in [1.82, 2.24) is 0 Å². The predicted molar refractivity (Wildman–Crippen MR) is 123 cm³/mol. The van der Waals surface area contributed by atoms with Crippen molar-refractivity contribution in [3.63, 3.8) is 0 Å². The van der Waals surface area contributed by atoms with E-state index in [4.69, 9.17) is 27.9 Å². The highest BCUT2D eigenvalue weighted by Crippen LogP contribution is 2.53. The summed E-state index contributed by atoms with van der Waals surface area (Å²) >= 11 is 12.2. The summed E-state index contributed by atoms with van der Waals surface area (Å²) in [5.74, 6) is 2.72. The smallest absolute Gasteiger partial charge is 0.134 e. The van der Waals surface area contributed by atoms with Crippen LogP contribution in [0.15, 0.2) is 59.2 Å². The molecule has 3 aliphatic carbocycles. The molecule has 2 unspecified atom stereocenters. The van der Waals surface area contributed by atoms with Crippen molar-refractivity contribution in [2.24, 2.45) is 11.8 Å². The Labute approximate surface area is 188 Å². The first kappa shape index (κ1) is 20.0. The van der Waals surface area contributed by atoms with Gasteiger partial charge in [-0.25, -0.2) is 0 Å². The minimum absolute atomic E-state index is 0.0884. The van der Waals surface area contributed by atoms with Crippen LogP contribution in [0.1, 0.15) is 56.9 Å². The van der Waals surface area contributed by atoms with Gasteiger partial charge in [-0.2, -0.15) is 0 Å². The van der Waals surface area contributed by atoms with E-state index in [1.54, 1.807) is 23.3 Å². The summed E-state index contributed by atoms with van der Waals surface area (Å²) in [6.45, 7) is 0. The Hall–Kier alpha value is -1.90. The number of fused-ring (bicyclic) bond motifs is 3. The number of benzene rings is 2. The Kier molecular flexibility index (Phi) is 5.56. The average molecular weight is 441 g/mol. The molecule has 2 atom stereocenters. The van der Waals surface area contributed by atoms with Crippen molar-refractivity contribution in [3.8, 4) is 11.5 Å². The van der Waals surface area contributed by atoms with Gasteiger partial charge in [0, 0.05) is 16.5 Å². The number of rotatable bonds is 3. The monoisotopic (exact) mass is 440 g/mol. The van der Waals surface area contributed by atoms with E-state index >= 15 is 0 Å². The maximum absolute atomic E-state index is 10.3. The van der Waals surface area contributed by atoms with Gasteiger partial charge >= 0.3 is 0 Å². The molecular weight excluding hydrogens is 415 g/mol. The molecule has 30 heavy (non-hydrogen) atoms. The summed E-state index contributed by atoms with van der Waals surface area (Å²) in [6.07, 6.45) is 9.94. The molecule has 2 bridgehead atoms. The number of phenolic OH excluding ortho intramolecular Hbond substituents is 1. The van der Waals surface area contributed by atoms with Crippen LogP contribution in [0.5, 0.6) is 11.5 Å². The quantitative estimate of drug-likeness (QED) is 0.384. The van der Waals surface area contributed by atoms with E-state index in [-0.39, 0.29) is 5.75 Å². The molecule has 2 nitrogen and oxygen atoms in total. The largest absolute Gasteiger partial charge is 0.506 e. The van der Waals surface area contributed by atoms with E-state index in [9.17, 15) is 5.11 Å². The van der Waals surface area contributed by atoms with Crippen molar-refractivity contribution >= 4 is 29.0 Å². The fourth-order valence-corrected chi connectivity index (χ4v) is 5.83. The molecule has 0 aliphatic heterocycles. The lowest BCUT2D eigenvalue weighted by molar-refractivity contribution is 0.335. The molecule has 1 fully saturated rings. The van der Waals surface area contributed by atoms with Crippen molar-refractivity contribution in [1.29, 1.82) is 0 Å². The molecule has 0 heterocycles. The summed E-state index contributed by atoms with van der Waals surface area (Å²) in [5.41, 5.74) is 5.68. The summed E-state index contributed by atoms with van der Waals surface area (Å²) in [4.78, 5) is 0. The third kappa shape index (κ3) is 3.76. The zero-order valence-corrected chi connectivity index (χ0v) is 18.5. The van der Waals surface area contributed by atoms with Gasteiger partial charge in [0.15, 0.2) is 0 Å². The highest BCUT2D eigenvalue weighted by Gasteiger charge is 2.39. The van der Waals surface area contributed by atoms with Crippen molar-refractivity contribution in [2.45, 2.75) is 51.4 Å². The maximum atomic E-state index is 10.3. The molecule has 0 saturated heterocycles. The predicted octanol–water partition coefficient (Wildman–Crippen LogP) is 8.18. The molecule has 4 heteroatoms. The second kappa shape index (κ2) is 8.32. The van der Waals surface area contributed by atoms with Gasteiger partial charge in [0.2, 0.25) is 0 Å². The van der Waals surface area contributed by atoms with Gasteiger partial charge in [0.1, 0.15) is 17.3 Å². The number of hydrogen-bond acceptors (Lipinski definition) is 2. The fraction of sp³-hybridized carbons (Fsp3) is 0.385. The fourth-order valence-electron chi connectivity index (χ4n) is 5.58. The van der Waals surface area contributed by atoms with Gasteiger partial charge < -0.3 is 9.84 Å². The summed E-state index contributed by atoms with van der Waals surface area (Å²) in [7, 11) is 0. The molecule has 0 spiro atoms. The number of ether oxygens (including phenoxy) is 1. The number of hydrogen-bond donors (Lipinski definition) is 1. The lowest BCUT2D eigenvalue weighted by Gasteiger charge is -2.43. The zero-order chi connectivity index (χ0) is 20.7. The van der Waals surface area contributed by atoms with Gasteiger partial charge in [-0.15, -0.1) is 0 Å². The highest BCUT2D eigenvalue weighted by molar-refractivity contribution is 6.32. The van der Waals surface area contributed by atoms with Gasteiger partial charge in [0.05, 0.1) is 5.02 Å². The first-order valence-electron chi connectivity index (χ1n) is 11.0. The van der Waals surface area contributed by atoms with Gasteiger partial charge in [0.25, 0.3) is 0 Å². The van der Waals surface area contributed by atoms with E-state index < -0.39 is 0 Å². The van der Waals surface area contributed by atoms with Crippen molar-refractivity contribution in [2.75, 3.05) is 0 Å². The molecular formula is C26H26Cl2O2. The van der Waals surface area contributed by atoms with Gasteiger partial charge in [-0.05, 0) is 98.9 Å². The molecule has 2 aromatic carbocycles. The Bertz CT molecular complexity index is 1020. The Morgan fingerprint density at radius 1 is 0.933 bits per heavy atom. The molecule has 5 rings (SSSR count). The Morgan fingerprint density at radius 2 is 1.73 bits per heavy atom. The van der Waals surface area contributed by atoms with Crippen LogP contribution in [-0.4, -0.2) is 5.11 Å². The number of halogens is 2. The topological polar surface area (TPSA) is 29.5 Å². The van der Waals surface area contributed by atoms with Crippen LogP contribution < -0.4 is 4.74 Å². The normalized spacial score (nSPS) is 25.0. The molecule has 2 aromatic rings. The van der Waals surface area contributed by atoms with Crippen molar-refractivity contribution < 1.29 is 9.84 Å². The van der Waals surface area contributed by atoms with Crippen molar-refractivity contribution in [3.05, 3.63) is 74.8 Å². The molecule has 0 radical (unpaired) electrons. The molecule has 3 aliphatic rings. The third-order valence-corrected chi connectivity index (χ3v) is 7.48. The zero-order valence-electron chi connectivity index (χ0n) is 17.0. The summed E-state index contributed by atoms with van der Waals surface area (Å²) < 4.78 is 6.55. The minimum Gasteiger partial charge on any atom is -0.506 e. The molecule has 0 amide bonds. The van der Waals surface area contributed by atoms with E-state index in [1.165, 1.54) is 50.5 Å². The lowest BCUT2D eigenvalue weighted by atomic mass is 9.62. The second-order valence-electron chi connectivity index (χ2n) is 8.73. The van der Waals surface area contributed by atoms with Crippen LogP contribution in [0.25, 0.3) is 5.76 Å². The molecule has 0 aromatic heterocycles. The van der Waals surface area contributed by atoms with Crippen LogP contribution in [0.2, 0.25) is 10.0 Å². The first-order chi connectivity index (χ1) is 14.6. The highest BCUT2D eigenvalue weighted by atomic mass is 35.5. The third-order valence-electron chi connectivity index (χ3n) is 6.91. The number of phenols is 1. The molecule has 156 valence electrons. The molecule has 1 N–H and O–H groups in total. The van der Waals surface area contributed by atoms with Crippen LogP contribution in [-0.2, 0) is 0 Å². The van der Waals surface area contributed by atoms with E-state index in [0.717, 1.165) is 23.5 Å². The van der Waals surface area contributed by atoms with E-state index in [2.05, 4.69) is 0 Å². The number of aromatic hydroxyl groups is 1. The van der Waals surface area contributed by atoms with Crippen LogP contribution in [0, 0.1) is 11.8 Å². The van der Waals surface area contributed by atoms with Gasteiger partial charge in [-0.1, -0.05) is 40.8 Å². The average Bonchev–Trinajstić information content (AvgIpc) is 2.75. The van der Waals surface area contributed by atoms with Crippen LogP contribution in [0.3, 0.4) is 0 Å². The molecule has 1 saturated carbocycles. The summed E-state index contributed by atoms with van der Waals surface area (Å²) in [5, 5.41) is 11.3. The van der Waals surface area contributed by atoms with Gasteiger partial charge in [-0.3, -0.25) is 0 Å². The van der Waals surface area contributed by atoms with Crippen LogP contribution >= 0.6 is 23.2 Å². The van der Waals surface area contributed by atoms with Crippen LogP contribution in [0.4, 0.5) is 0 Å². The standard InChI is InChI=1S/C26H26Cl2O2/c27-19-9-11-20(12-10-19)30-26(18-8-13-23(28)24(29)15-18)25-17-5-3-7-22(25)21-6-2-1-4-16(21)14-17/h8-13,15,17,22,29H,1-7,14H2. The van der Waals surface area contributed by atoms with E-state index in [1.807, 2.05) is 30.3 Å². The minimum atomic E-state index is 0.0884. The van der Waals surface area contributed by atoms with E-state index in [0.29, 0.717) is 21.9 Å². The SMILES string of the molecule is Oc1cc(C(Oc2ccc(Cl)cc2)=C2C3CCCC2C2=C(CCCC2)C3)ccc1Cl. The maximum Gasteiger partial charge on any atom is 0.134 e. The first-order valence-corrected chi connectivity index (χ1v) is 11.7. The second-order valence-corrected chi connectivity index (χ2v) is 9.57. The Morgan fingerprint density at radius 3 is 2.53 bits per heavy atom. The number of allylic oxidation sites excluding steroid dienone is 3. The Balaban J connectivity index is 1.66. The summed E-state index contributed by atoms with van der Waals surface area (Å²) in [6, 6.07) is 13.0. The lowest BCUT2D eigenvalue weighted by Crippen LogP contribution is -2.30.